The van der Waals surface area contributed by atoms with Gasteiger partial charge in [-0.15, -0.1) is 0 Å². The van der Waals surface area contributed by atoms with Gasteiger partial charge in [-0.05, 0) is 30.7 Å². The first-order valence-corrected chi connectivity index (χ1v) is 5.37. The van der Waals surface area contributed by atoms with E-state index in [-0.39, 0.29) is 5.82 Å². The van der Waals surface area contributed by atoms with E-state index in [2.05, 4.69) is 11.8 Å². The van der Waals surface area contributed by atoms with E-state index < -0.39 is 0 Å². The first kappa shape index (κ1) is 12.0. The van der Waals surface area contributed by atoms with Crippen LogP contribution >= 0.6 is 0 Å². The lowest BCUT2D eigenvalue weighted by atomic mass is 10.1. The largest absolute Gasteiger partial charge is 0.370 e. The molecule has 0 radical (unpaired) electrons. The Bertz CT molecular complexity index is 284. The highest BCUT2D eigenvalue weighted by Gasteiger charge is 2.12. The number of halogens is 1. The minimum Gasteiger partial charge on any atom is -0.370 e. The molecular formula is C12H19FN2. The van der Waals surface area contributed by atoms with Gasteiger partial charge < -0.3 is 10.6 Å². The normalized spacial score (nSPS) is 12.5. The van der Waals surface area contributed by atoms with Crippen LogP contribution in [0.2, 0.25) is 0 Å². The van der Waals surface area contributed by atoms with Crippen molar-refractivity contribution in [1.82, 2.24) is 0 Å². The summed E-state index contributed by atoms with van der Waals surface area (Å²) in [6.45, 7) is 2.77. The van der Waals surface area contributed by atoms with Gasteiger partial charge in [-0.25, -0.2) is 4.39 Å². The van der Waals surface area contributed by atoms with Gasteiger partial charge in [-0.3, -0.25) is 0 Å². The van der Waals surface area contributed by atoms with Gasteiger partial charge >= 0.3 is 0 Å². The van der Waals surface area contributed by atoms with Crippen LogP contribution in [0.5, 0.6) is 0 Å². The van der Waals surface area contributed by atoms with E-state index in [0.29, 0.717) is 12.6 Å². The lowest BCUT2D eigenvalue weighted by molar-refractivity contribution is 0.579. The highest BCUT2D eigenvalue weighted by Crippen LogP contribution is 2.17. The van der Waals surface area contributed by atoms with E-state index in [1.54, 1.807) is 12.1 Å². The second-order valence-electron chi connectivity index (χ2n) is 3.77. The van der Waals surface area contributed by atoms with Crippen LogP contribution in [0.4, 0.5) is 10.1 Å². The zero-order valence-corrected chi connectivity index (χ0v) is 9.41. The molecule has 0 aromatic heterocycles. The zero-order chi connectivity index (χ0) is 11.3. The number of hydrogen-bond donors (Lipinski definition) is 1. The Morgan fingerprint density at radius 3 is 2.40 bits per heavy atom. The van der Waals surface area contributed by atoms with Crippen LogP contribution in [0.15, 0.2) is 24.3 Å². The summed E-state index contributed by atoms with van der Waals surface area (Å²) >= 11 is 0. The lowest BCUT2D eigenvalue weighted by Crippen LogP contribution is -2.37. The monoisotopic (exact) mass is 210 g/mol. The average molecular weight is 210 g/mol. The van der Waals surface area contributed by atoms with Crippen molar-refractivity contribution < 1.29 is 4.39 Å². The number of nitrogens with two attached hydrogens (primary N) is 1. The molecule has 0 amide bonds. The molecule has 0 fully saturated rings. The predicted molar refractivity (Wildman–Crippen MR) is 62.6 cm³/mol. The average Bonchev–Trinajstić information content (AvgIpc) is 2.26. The molecule has 2 N–H and O–H groups in total. The quantitative estimate of drug-likeness (QED) is 0.808. The summed E-state index contributed by atoms with van der Waals surface area (Å²) in [5.74, 6) is -0.202. The summed E-state index contributed by atoms with van der Waals surface area (Å²) in [7, 11) is 2.00. The fourth-order valence-corrected chi connectivity index (χ4v) is 1.69. The molecule has 0 aliphatic heterocycles. The van der Waals surface area contributed by atoms with Crippen LogP contribution in [0, 0.1) is 5.82 Å². The van der Waals surface area contributed by atoms with Crippen LogP contribution in [0.25, 0.3) is 0 Å². The van der Waals surface area contributed by atoms with Gasteiger partial charge in [0.25, 0.3) is 0 Å². The third-order valence-electron chi connectivity index (χ3n) is 2.68. The van der Waals surface area contributed by atoms with Gasteiger partial charge in [0.05, 0.1) is 0 Å². The maximum atomic E-state index is 12.7. The third kappa shape index (κ3) is 3.20. The van der Waals surface area contributed by atoms with Crippen molar-refractivity contribution in [2.45, 2.75) is 25.8 Å². The minimum absolute atomic E-state index is 0.202. The topological polar surface area (TPSA) is 29.3 Å². The Balaban J connectivity index is 2.73. The molecule has 1 unspecified atom stereocenters. The van der Waals surface area contributed by atoms with E-state index in [1.807, 2.05) is 7.05 Å². The smallest absolute Gasteiger partial charge is 0.123 e. The fourth-order valence-electron chi connectivity index (χ4n) is 1.69. The SMILES string of the molecule is CCCC(CN)N(C)c1ccc(F)cc1. The summed E-state index contributed by atoms with van der Waals surface area (Å²) in [5, 5.41) is 0. The van der Waals surface area contributed by atoms with Gasteiger partial charge in [0.1, 0.15) is 5.82 Å². The second kappa shape index (κ2) is 5.71. The molecule has 1 aromatic carbocycles. The molecule has 1 aromatic rings. The fraction of sp³-hybridized carbons (Fsp3) is 0.500. The molecule has 0 saturated carbocycles. The number of anilines is 1. The van der Waals surface area contributed by atoms with Gasteiger partial charge in [-0.2, -0.15) is 0 Å². The molecule has 1 atom stereocenters. The Morgan fingerprint density at radius 2 is 1.93 bits per heavy atom. The van der Waals surface area contributed by atoms with E-state index in [4.69, 9.17) is 5.73 Å². The Hall–Kier alpha value is -1.09. The van der Waals surface area contributed by atoms with Crippen molar-refractivity contribution in [2.75, 3.05) is 18.5 Å². The summed E-state index contributed by atoms with van der Waals surface area (Å²) in [6, 6.07) is 6.86. The van der Waals surface area contributed by atoms with Crippen molar-refractivity contribution in [3.8, 4) is 0 Å². The number of hydrogen-bond acceptors (Lipinski definition) is 2. The van der Waals surface area contributed by atoms with Crippen molar-refractivity contribution in [3.63, 3.8) is 0 Å². The van der Waals surface area contributed by atoms with Gasteiger partial charge in [0.2, 0.25) is 0 Å². The van der Waals surface area contributed by atoms with E-state index in [1.165, 1.54) is 12.1 Å². The van der Waals surface area contributed by atoms with Crippen molar-refractivity contribution in [3.05, 3.63) is 30.1 Å². The third-order valence-corrected chi connectivity index (χ3v) is 2.68. The maximum absolute atomic E-state index is 12.7. The highest BCUT2D eigenvalue weighted by molar-refractivity contribution is 5.46. The maximum Gasteiger partial charge on any atom is 0.123 e. The molecule has 0 bridgehead atoms. The molecule has 0 heterocycles. The number of likely N-dealkylation sites (N-methyl/N-ethyl adjacent to an activating group) is 1. The van der Waals surface area contributed by atoms with Crippen LogP contribution in [0.3, 0.4) is 0 Å². The number of rotatable bonds is 5. The summed E-state index contributed by atoms with van der Waals surface area (Å²) in [4.78, 5) is 2.11. The Kier molecular flexibility index (Phi) is 4.56. The first-order valence-electron chi connectivity index (χ1n) is 5.37. The molecule has 0 saturated heterocycles. The van der Waals surface area contributed by atoms with Crippen LogP contribution in [-0.2, 0) is 0 Å². The molecular weight excluding hydrogens is 191 g/mol. The molecule has 84 valence electrons. The molecule has 2 nitrogen and oxygen atoms in total. The minimum atomic E-state index is -0.202. The van der Waals surface area contributed by atoms with Crippen LogP contribution in [0.1, 0.15) is 19.8 Å². The summed E-state index contributed by atoms with van der Waals surface area (Å²) in [6.07, 6.45) is 2.16. The molecule has 0 aliphatic rings. The predicted octanol–water partition coefficient (Wildman–Crippen LogP) is 2.39. The summed E-state index contributed by atoms with van der Waals surface area (Å²) in [5.41, 5.74) is 6.73. The molecule has 0 spiro atoms. The highest BCUT2D eigenvalue weighted by atomic mass is 19.1. The van der Waals surface area contributed by atoms with Crippen LogP contribution in [-0.4, -0.2) is 19.6 Å². The van der Waals surface area contributed by atoms with Gasteiger partial charge in [0, 0.05) is 25.3 Å². The van der Waals surface area contributed by atoms with E-state index in [0.717, 1.165) is 18.5 Å². The van der Waals surface area contributed by atoms with E-state index in [9.17, 15) is 4.39 Å². The second-order valence-corrected chi connectivity index (χ2v) is 3.77. The van der Waals surface area contributed by atoms with Gasteiger partial charge in [-0.1, -0.05) is 13.3 Å². The van der Waals surface area contributed by atoms with Crippen molar-refractivity contribution >= 4 is 5.69 Å². The van der Waals surface area contributed by atoms with Crippen LogP contribution < -0.4 is 10.6 Å². The van der Waals surface area contributed by atoms with Gasteiger partial charge in [0.15, 0.2) is 0 Å². The first-order chi connectivity index (χ1) is 7.19. The van der Waals surface area contributed by atoms with Crippen molar-refractivity contribution in [2.24, 2.45) is 5.73 Å². The molecule has 1 rings (SSSR count). The van der Waals surface area contributed by atoms with E-state index >= 15 is 0 Å². The summed E-state index contributed by atoms with van der Waals surface area (Å²) < 4.78 is 12.7. The Morgan fingerprint density at radius 1 is 1.33 bits per heavy atom. The molecule has 15 heavy (non-hydrogen) atoms. The zero-order valence-electron chi connectivity index (χ0n) is 9.41. The Labute approximate surface area is 90.9 Å². The molecule has 3 heteroatoms. The number of benzene rings is 1. The number of nitrogens with zero attached hydrogens (tertiary/aromatic N) is 1. The lowest BCUT2D eigenvalue weighted by Gasteiger charge is -2.28. The molecule has 0 aliphatic carbocycles. The standard InChI is InChI=1S/C12H19FN2/c1-3-4-12(9-14)15(2)11-7-5-10(13)6-8-11/h5-8,12H,3-4,9,14H2,1-2H3. The van der Waals surface area contributed by atoms with Crippen molar-refractivity contribution in [1.29, 1.82) is 0 Å².